The number of carbonyl (C=O) groups is 1. The SMILES string of the molecule is Cc1[nH]nc(C(=O)N2CCCC2Cc2ccccc2)c1N. The Morgan fingerprint density at radius 1 is 1.43 bits per heavy atom. The van der Waals surface area contributed by atoms with Crippen molar-refractivity contribution in [1.82, 2.24) is 15.1 Å². The largest absolute Gasteiger partial charge is 0.395 e. The zero-order chi connectivity index (χ0) is 14.8. The lowest BCUT2D eigenvalue weighted by molar-refractivity contribution is 0.0731. The number of anilines is 1. The molecule has 21 heavy (non-hydrogen) atoms. The van der Waals surface area contributed by atoms with Crippen molar-refractivity contribution in [3.63, 3.8) is 0 Å². The van der Waals surface area contributed by atoms with Crippen molar-refractivity contribution in [2.24, 2.45) is 0 Å². The molecule has 1 amide bonds. The zero-order valence-electron chi connectivity index (χ0n) is 12.2. The van der Waals surface area contributed by atoms with Crippen LogP contribution in [0.15, 0.2) is 30.3 Å². The monoisotopic (exact) mass is 284 g/mol. The van der Waals surface area contributed by atoms with Gasteiger partial charge in [0.15, 0.2) is 5.69 Å². The number of nitrogen functional groups attached to an aromatic ring is 1. The molecule has 0 radical (unpaired) electrons. The molecule has 1 aromatic carbocycles. The van der Waals surface area contributed by atoms with Crippen molar-refractivity contribution < 1.29 is 4.79 Å². The number of aromatic nitrogens is 2. The maximum absolute atomic E-state index is 12.6. The van der Waals surface area contributed by atoms with E-state index in [0.29, 0.717) is 11.4 Å². The van der Waals surface area contributed by atoms with Crippen molar-refractivity contribution in [3.05, 3.63) is 47.3 Å². The van der Waals surface area contributed by atoms with Crippen LogP contribution in [0.25, 0.3) is 0 Å². The first-order valence-electron chi connectivity index (χ1n) is 7.32. The number of nitrogens with one attached hydrogen (secondary N) is 1. The minimum atomic E-state index is -0.0599. The van der Waals surface area contributed by atoms with E-state index in [1.54, 1.807) is 0 Å². The molecule has 0 bridgehead atoms. The summed E-state index contributed by atoms with van der Waals surface area (Å²) in [4.78, 5) is 14.6. The Hall–Kier alpha value is -2.30. The molecule has 2 aromatic rings. The molecule has 3 N–H and O–H groups in total. The van der Waals surface area contributed by atoms with Gasteiger partial charge >= 0.3 is 0 Å². The molecule has 1 aliphatic heterocycles. The lowest BCUT2D eigenvalue weighted by atomic mass is 10.0. The lowest BCUT2D eigenvalue weighted by Gasteiger charge is -2.24. The maximum Gasteiger partial charge on any atom is 0.276 e. The molecule has 1 atom stereocenters. The smallest absolute Gasteiger partial charge is 0.276 e. The molecular formula is C16H20N4O. The Bertz CT molecular complexity index is 635. The summed E-state index contributed by atoms with van der Waals surface area (Å²) in [7, 11) is 0. The molecule has 1 unspecified atom stereocenters. The number of hydrogen-bond acceptors (Lipinski definition) is 3. The first kappa shape index (κ1) is 13.7. The van der Waals surface area contributed by atoms with Gasteiger partial charge in [0.2, 0.25) is 0 Å². The van der Waals surface area contributed by atoms with Crippen LogP contribution < -0.4 is 5.73 Å². The third-order valence-electron chi connectivity index (χ3n) is 4.15. The van der Waals surface area contributed by atoms with Crippen LogP contribution in [-0.4, -0.2) is 33.6 Å². The van der Waals surface area contributed by atoms with E-state index in [-0.39, 0.29) is 11.9 Å². The number of aryl methyl sites for hydroxylation is 1. The highest BCUT2D eigenvalue weighted by Gasteiger charge is 2.31. The number of benzene rings is 1. The van der Waals surface area contributed by atoms with Gasteiger partial charge in [-0.25, -0.2) is 0 Å². The summed E-state index contributed by atoms with van der Waals surface area (Å²) >= 11 is 0. The highest BCUT2D eigenvalue weighted by Crippen LogP contribution is 2.25. The highest BCUT2D eigenvalue weighted by atomic mass is 16.2. The van der Waals surface area contributed by atoms with Crippen molar-refractivity contribution in [2.45, 2.75) is 32.2 Å². The van der Waals surface area contributed by atoms with Gasteiger partial charge in [-0.15, -0.1) is 0 Å². The number of likely N-dealkylation sites (tertiary alicyclic amines) is 1. The van der Waals surface area contributed by atoms with E-state index in [2.05, 4.69) is 22.3 Å². The Kier molecular flexibility index (Phi) is 3.64. The van der Waals surface area contributed by atoms with Crippen LogP contribution in [0.5, 0.6) is 0 Å². The van der Waals surface area contributed by atoms with E-state index in [1.807, 2.05) is 30.0 Å². The van der Waals surface area contributed by atoms with E-state index in [4.69, 9.17) is 5.73 Å². The number of rotatable bonds is 3. The number of hydrogen-bond donors (Lipinski definition) is 2. The molecule has 2 heterocycles. The number of amides is 1. The number of carbonyl (C=O) groups excluding carboxylic acids is 1. The molecule has 5 nitrogen and oxygen atoms in total. The number of aromatic amines is 1. The van der Waals surface area contributed by atoms with Crippen molar-refractivity contribution in [2.75, 3.05) is 12.3 Å². The summed E-state index contributed by atoms with van der Waals surface area (Å²) in [5.41, 5.74) is 8.75. The third-order valence-corrected chi connectivity index (χ3v) is 4.15. The quantitative estimate of drug-likeness (QED) is 0.906. The molecule has 0 aliphatic carbocycles. The fourth-order valence-corrected chi connectivity index (χ4v) is 2.94. The number of H-pyrrole nitrogens is 1. The van der Waals surface area contributed by atoms with Gasteiger partial charge in [0.25, 0.3) is 5.91 Å². The van der Waals surface area contributed by atoms with Crippen LogP contribution in [0.2, 0.25) is 0 Å². The van der Waals surface area contributed by atoms with Gasteiger partial charge in [-0.3, -0.25) is 9.89 Å². The van der Waals surface area contributed by atoms with Gasteiger partial charge in [0, 0.05) is 12.6 Å². The Morgan fingerprint density at radius 3 is 2.86 bits per heavy atom. The Balaban J connectivity index is 1.78. The summed E-state index contributed by atoms with van der Waals surface area (Å²) in [6.07, 6.45) is 2.95. The molecule has 1 aromatic heterocycles. The van der Waals surface area contributed by atoms with E-state index in [9.17, 15) is 4.79 Å². The second-order valence-corrected chi connectivity index (χ2v) is 5.60. The zero-order valence-corrected chi connectivity index (χ0v) is 12.2. The average Bonchev–Trinajstić information content (AvgIpc) is 3.08. The van der Waals surface area contributed by atoms with E-state index in [0.717, 1.165) is 31.5 Å². The Morgan fingerprint density at radius 2 is 2.19 bits per heavy atom. The summed E-state index contributed by atoms with van der Waals surface area (Å²) in [6.45, 7) is 2.60. The highest BCUT2D eigenvalue weighted by molar-refractivity contribution is 5.97. The molecule has 1 aliphatic rings. The molecule has 110 valence electrons. The van der Waals surface area contributed by atoms with Crippen LogP contribution in [0.1, 0.15) is 34.6 Å². The predicted molar refractivity (Wildman–Crippen MR) is 81.9 cm³/mol. The maximum atomic E-state index is 12.6. The molecule has 0 saturated carbocycles. The topological polar surface area (TPSA) is 75.0 Å². The fraction of sp³-hybridized carbons (Fsp3) is 0.375. The van der Waals surface area contributed by atoms with E-state index >= 15 is 0 Å². The van der Waals surface area contributed by atoms with Crippen LogP contribution in [-0.2, 0) is 6.42 Å². The first-order valence-corrected chi connectivity index (χ1v) is 7.32. The normalized spacial score (nSPS) is 18.1. The second-order valence-electron chi connectivity index (χ2n) is 5.60. The third kappa shape index (κ3) is 2.63. The number of nitrogens with two attached hydrogens (primary N) is 1. The van der Waals surface area contributed by atoms with Crippen molar-refractivity contribution >= 4 is 11.6 Å². The second kappa shape index (κ2) is 5.60. The summed E-state index contributed by atoms with van der Waals surface area (Å²) < 4.78 is 0. The molecule has 0 spiro atoms. The van der Waals surface area contributed by atoms with Gasteiger partial charge in [-0.05, 0) is 31.7 Å². The standard InChI is InChI=1S/C16H20N4O/c1-11-14(17)15(19-18-11)16(21)20-9-5-8-13(20)10-12-6-3-2-4-7-12/h2-4,6-7,13H,5,8-10,17H2,1H3,(H,18,19). The first-order chi connectivity index (χ1) is 10.2. The van der Waals surface area contributed by atoms with Crippen LogP contribution >= 0.6 is 0 Å². The fourth-order valence-electron chi connectivity index (χ4n) is 2.94. The van der Waals surface area contributed by atoms with E-state index < -0.39 is 0 Å². The molecule has 1 saturated heterocycles. The summed E-state index contributed by atoms with van der Waals surface area (Å²) in [6, 6.07) is 10.5. The van der Waals surface area contributed by atoms with Gasteiger partial charge < -0.3 is 10.6 Å². The van der Waals surface area contributed by atoms with Crippen LogP contribution in [0, 0.1) is 6.92 Å². The molecule has 3 rings (SSSR count). The number of nitrogens with zero attached hydrogens (tertiary/aromatic N) is 2. The van der Waals surface area contributed by atoms with Gasteiger partial charge in [-0.1, -0.05) is 30.3 Å². The van der Waals surface area contributed by atoms with Crippen LogP contribution in [0.4, 0.5) is 5.69 Å². The Labute approximate surface area is 124 Å². The minimum absolute atomic E-state index is 0.0599. The van der Waals surface area contributed by atoms with Gasteiger partial charge in [0.05, 0.1) is 11.4 Å². The van der Waals surface area contributed by atoms with Crippen molar-refractivity contribution in [3.8, 4) is 0 Å². The lowest BCUT2D eigenvalue weighted by Crippen LogP contribution is -2.37. The molecule has 5 heteroatoms. The van der Waals surface area contributed by atoms with Gasteiger partial charge in [0.1, 0.15) is 0 Å². The molecule has 1 fully saturated rings. The summed E-state index contributed by atoms with van der Waals surface area (Å²) in [5, 5.41) is 6.84. The van der Waals surface area contributed by atoms with E-state index in [1.165, 1.54) is 5.56 Å². The van der Waals surface area contributed by atoms with Gasteiger partial charge in [-0.2, -0.15) is 5.10 Å². The van der Waals surface area contributed by atoms with Crippen molar-refractivity contribution in [1.29, 1.82) is 0 Å². The van der Waals surface area contributed by atoms with Crippen LogP contribution in [0.3, 0.4) is 0 Å². The average molecular weight is 284 g/mol. The molecular weight excluding hydrogens is 264 g/mol. The summed E-state index contributed by atoms with van der Waals surface area (Å²) in [5.74, 6) is -0.0599. The predicted octanol–water partition coefficient (Wildman–Crippen LogP) is 2.15. The minimum Gasteiger partial charge on any atom is -0.395 e.